The van der Waals surface area contributed by atoms with Crippen molar-refractivity contribution in [2.45, 2.75) is 39.7 Å². The van der Waals surface area contributed by atoms with Gasteiger partial charge >= 0.3 is 6.03 Å². The van der Waals surface area contributed by atoms with Crippen LogP contribution in [0.4, 0.5) is 16.2 Å². The number of urea groups is 1. The average Bonchev–Trinajstić information content (AvgIpc) is 2.75. The number of amides is 4. The molecule has 4 rings (SSSR count). The van der Waals surface area contributed by atoms with Crippen LogP contribution in [-0.4, -0.2) is 29.9 Å². The number of carbonyl (C=O) groups is 3. The van der Waals surface area contributed by atoms with Crippen molar-refractivity contribution >= 4 is 56.8 Å². The Morgan fingerprint density at radius 3 is 2.42 bits per heavy atom. The summed E-state index contributed by atoms with van der Waals surface area (Å²) in [5, 5.41) is 2.28. The van der Waals surface area contributed by atoms with Crippen LogP contribution in [0.2, 0.25) is 0 Å². The van der Waals surface area contributed by atoms with E-state index in [1.807, 2.05) is 18.2 Å². The highest BCUT2D eigenvalue weighted by Crippen LogP contribution is 2.39. The van der Waals surface area contributed by atoms with Gasteiger partial charge in [0.2, 0.25) is 0 Å². The van der Waals surface area contributed by atoms with Crippen LogP contribution in [0.15, 0.2) is 58.6 Å². The maximum absolute atomic E-state index is 13.2. The van der Waals surface area contributed by atoms with Crippen LogP contribution in [0.1, 0.15) is 45.2 Å². The molecular weight excluding hydrogens is 482 g/mol. The lowest BCUT2D eigenvalue weighted by molar-refractivity contribution is -0.122. The average molecular weight is 508 g/mol. The predicted molar refractivity (Wildman–Crippen MR) is 135 cm³/mol. The van der Waals surface area contributed by atoms with Crippen molar-refractivity contribution in [1.82, 2.24) is 5.32 Å². The zero-order valence-electron chi connectivity index (χ0n) is 19.1. The molecule has 0 unspecified atom stereocenters. The fourth-order valence-corrected chi connectivity index (χ4v) is 4.74. The Morgan fingerprint density at radius 1 is 1.06 bits per heavy atom. The number of rotatable bonds is 4. The Hall–Kier alpha value is -3.19. The van der Waals surface area contributed by atoms with Crippen molar-refractivity contribution in [3.63, 3.8) is 0 Å². The molecule has 7 heteroatoms. The van der Waals surface area contributed by atoms with Crippen LogP contribution in [-0.2, 0) is 9.59 Å². The van der Waals surface area contributed by atoms with Crippen molar-refractivity contribution < 1.29 is 14.4 Å². The maximum Gasteiger partial charge on any atom is 0.335 e. The first kappa shape index (κ1) is 23.0. The minimum atomic E-state index is -0.758. The summed E-state index contributed by atoms with van der Waals surface area (Å²) in [6.45, 7) is 9.56. The summed E-state index contributed by atoms with van der Waals surface area (Å²) in [4.78, 5) is 41.5. The number of barbiturate groups is 1. The van der Waals surface area contributed by atoms with E-state index in [0.717, 1.165) is 44.7 Å². The Bertz CT molecular complexity index is 1210. The number of fused-ring (bicyclic) bond motifs is 1. The fourth-order valence-electron chi connectivity index (χ4n) is 4.47. The summed E-state index contributed by atoms with van der Waals surface area (Å²) >= 11 is 3.34. The molecule has 0 saturated carbocycles. The number of carbonyl (C=O) groups excluding carboxylic acids is 3. The number of allylic oxidation sites excluding steroid dienone is 1. The summed E-state index contributed by atoms with van der Waals surface area (Å²) in [5.41, 5.74) is 4.28. The van der Waals surface area contributed by atoms with Crippen molar-refractivity contribution in [2.75, 3.05) is 16.3 Å². The van der Waals surface area contributed by atoms with E-state index < -0.39 is 17.8 Å². The Labute approximate surface area is 202 Å². The lowest BCUT2D eigenvalue weighted by atomic mass is 9.87. The SMILES string of the molecule is CCCN1c2ccc(/C=C3/C(=O)NC(=O)N(c4ccc(Br)cc4)C3=O)cc2C(C)=CC1(C)C. The topological polar surface area (TPSA) is 69.7 Å². The van der Waals surface area contributed by atoms with Crippen LogP contribution in [0.25, 0.3) is 11.6 Å². The first-order valence-electron chi connectivity index (χ1n) is 10.9. The maximum atomic E-state index is 13.2. The molecule has 0 aromatic heterocycles. The molecule has 4 amide bonds. The van der Waals surface area contributed by atoms with Gasteiger partial charge in [-0.1, -0.05) is 35.0 Å². The van der Waals surface area contributed by atoms with Gasteiger partial charge in [0.1, 0.15) is 5.57 Å². The molecule has 1 fully saturated rings. The normalized spacial score (nSPS) is 18.9. The van der Waals surface area contributed by atoms with E-state index >= 15 is 0 Å². The van der Waals surface area contributed by atoms with Gasteiger partial charge in [0.05, 0.1) is 11.2 Å². The lowest BCUT2D eigenvalue weighted by Gasteiger charge is -2.43. The number of hydrogen-bond acceptors (Lipinski definition) is 4. The number of nitrogens with zero attached hydrogens (tertiary/aromatic N) is 2. The minimum Gasteiger partial charge on any atom is -0.362 e. The Kier molecular flexibility index (Phi) is 6.01. The summed E-state index contributed by atoms with van der Waals surface area (Å²) in [5.74, 6) is -1.35. The van der Waals surface area contributed by atoms with Gasteiger partial charge in [0, 0.05) is 22.3 Å². The molecule has 170 valence electrons. The van der Waals surface area contributed by atoms with Crippen LogP contribution >= 0.6 is 15.9 Å². The third-order valence-electron chi connectivity index (χ3n) is 5.95. The van der Waals surface area contributed by atoms with Gasteiger partial charge in [-0.2, -0.15) is 0 Å². The summed E-state index contributed by atoms with van der Waals surface area (Å²) in [6.07, 6.45) is 4.82. The van der Waals surface area contributed by atoms with Crippen molar-refractivity contribution in [1.29, 1.82) is 0 Å². The first-order chi connectivity index (χ1) is 15.6. The fraction of sp³-hybridized carbons (Fsp3) is 0.269. The summed E-state index contributed by atoms with van der Waals surface area (Å²) < 4.78 is 0.820. The highest BCUT2D eigenvalue weighted by atomic mass is 79.9. The number of nitrogens with one attached hydrogen (secondary N) is 1. The van der Waals surface area contributed by atoms with Gasteiger partial charge < -0.3 is 4.90 Å². The molecule has 0 radical (unpaired) electrons. The highest BCUT2D eigenvalue weighted by molar-refractivity contribution is 9.10. The van der Waals surface area contributed by atoms with Crippen LogP contribution in [0.5, 0.6) is 0 Å². The van der Waals surface area contributed by atoms with E-state index in [9.17, 15) is 14.4 Å². The molecular formula is C26H26BrN3O3. The number of halogens is 1. The zero-order valence-corrected chi connectivity index (χ0v) is 20.7. The molecule has 2 heterocycles. The van der Waals surface area contributed by atoms with Gasteiger partial charge in [-0.15, -0.1) is 0 Å². The smallest absolute Gasteiger partial charge is 0.335 e. The lowest BCUT2D eigenvalue weighted by Crippen LogP contribution is -2.54. The van der Waals surface area contributed by atoms with Gasteiger partial charge in [-0.25, -0.2) is 9.69 Å². The van der Waals surface area contributed by atoms with E-state index in [0.29, 0.717) is 5.69 Å². The van der Waals surface area contributed by atoms with Crippen molar-refractivity contribution in [2.24, 2.45) is 0 Å². The highest BCUT2D eigenvalue weighted by Gasteiger charge is 2.37. The third kappa shape index (κ3) is 4.25. The number of hydrogen-bond donors (Lipinski definition) is 1. The van der Waals surface area contributed by atoms with Crippen molar-refractivity contribution in [3.8, 4) is 0 Å². The largest absolute Gasteiger partial charge is 0.362 e. The summed E-state index contributed by atoms with van der Waals surface area (Å²) in [7, 11) is 0. The van der Waals surface area contributed by atoms with Gasteiger partial charge in [0.25, 0.3) is 11.8 Å². The third-order valence-corrected chi connectivity index (χ3v) is 6.48. The predicted octanol–water partition coefficient (Wildman–Crippen LogP) is 5.53. The van der Waals surface area contributed by atoms with Crippen LogP contribution in [0, 0.1) is 0 Å². The Morgan fingerprint density at radius 2 is 1.76 bits per heavy atom. The molecule has 33 heavy (non-hydrogen) atoms. The van der Waals surface area contributed by atoms with Gasteiger partial charge in [-0.3, -0.25) is 14.9 Å². The van der Waals surface area contributed by atoms with E-state index in [-0.39, 0.29) is 11.1 Å². The number of benzene rings is 2. The first-order valence-corrected chi connectivity index (χ1v) is 11.7. The molecule has 1 N–H and O–H groups in total. The second-order valence-corrected chi connectivity index (χ2v) is 9.76. The van der Waals surface area contributed by atoms with E-state index in [1.165, 1.54) is 0 Å². The van der Waals surface area contributed by atoms with Crippen LogP contribution in [0.3, 0.4) is 0 Å². The van der Waals surface area contributed by atoms with Crippen LogP contribution < -0.4 is 15.1 Å². The molecule has 1 saturated heterocycles. The molecule has 0 spiro atoms. The standard InChI is InChI=1S/C26H26BrN3O3/c1-5-12-29-22-11-6-17(13-20(22)16(2)15-26(29,3)4)14-21-23(31)28-25(33)30(24(21)32)19-9-7-18(27)8-10-19/h6-11,13-15H,5,12H2,1-4H3,(H,28,31,33)/b21-14-. The van der Waals surface area contributed by atoms with E-state index in [4.69, 9.17) is 0 Å². The molecule has 0 bridgehead atoms. The van der Waals surface area contributed by atoms with Gasteiger partial charge in [-0.05, 0) is 80.8 Å². The molecule has 2 aliphatic heterocycles. The Balaban J connectivity index is 1.73. The number of anilines is 2. The minimum absolute atomic E-state index is 0.0827. The zero-order chi connectivity index (χ0) is 23.9. The second kappa shape index (κ2) is 8.63. The number of imide groups is 2. The van der Waals surface area contributed by atoms with E-state index in [2.05, 4.69) is 59.9 Å². The van der Waals surface area contributed by atoms with E-state index in [1.54, 1.807) is 30.3 Å². The molecule has 0 aliphatic carbocycles. The molecule has 2 aromatic carbocycles. The van der Waals surface area contributed by atoms with Gasteiger partial charge in [0.15, 0.2) is 0 Å². The molecule has 2 aliphatic rings. The molecule has 0 atom stereocenters. The quantitative estimate of drug-likeness (QED) is 0.436. The monoisotopic (exact) mass is 507 g/mol. The second-order valence-electron chi connectivity index (χ2n) is 8.84. The molecule has 2 aromatic rings. The molecule has 6 nitrogen and oxygen atoms in total. The van der Waals surface area contributed by atoms with Crippen molar-refractivity contribution in [3.05, 3.63) is 69.7 Å². The summed E-state index contributed by atoms with van der Waals surface area (Å²) in [6, 6.07) is 11.9.